The van der Waals surface area contributed by atoms with Crippen molar-refractivity contribution in [3.05, 3.63) is 35.4 Å². The summed E-state index contributed by atoms with van der Waals surface area (Å²) >= 11 is 0. The molecule has 1 N–H and O–H groups in total. The Morgan fingerprint density at radius 1 is 1.35 bits per heavy atom. The molecule has 0 aromatic heterocycles. The number of aliphatic carboxylic acids is 1. The second-order valence-electron chi connectivity index (χ2n) is 4.59. The minimum Gasteiger partial charge on any atom is -0.480 e. The molecule has 1 aromatic carbocycles. The third kappa shape index (κ3) is 4.29. The van der Waals surface area contributed by atoms with Crippen LogP contribution in [0.4, 0.5) is 8.78 Å². The van der Waals surface area contributed by atoms with Crippen molar-refractivity contribution in [2.45, 2.75) is 32.7 Å². The third-order valence-corrected chi connectivity index (χ3v) is 3.11. The monoisotopic (exact) mass is 285 g/mol. The molecule has 0 radical (unpaired) electrons. The number of carboxylic acid groups (broad SMARTS) is 1. The molecule has 0 heterocycles. The van der Waals surface area contributed by atoms with E-state index in [-0.39, 0.29) is 18.0 Å². The molecule has 1 rings (SSSR count). The molecule has 1 unspecified atom stereocenters. The first-order chi connectivity index (χ1) is 9.35. The molecule has 1 amide bonds. The summed E-state index contributed by atoms with van der Waals surface area (Å²) < 4.78 is 26.3. The van der Waals surface area contributed by atoms with Crippen molar-refractivity contribution in [1.29, 1.82) is 0 Å². The number of rotatable bonds is 6. The summed E-state index contributed by atoms with van der Waals surface area (Å²) in [6.07, 6.45) is 0.300. The molecule has 0 aliphatic heterocycles. The molecule has 0 saturated carbocycles. The average molecular weight is 285 g/mol. The van der Waals surface area contributed by atoms with Crippen molar-refractivity contribution < 1.29 is 23.5 Å². The van der Waals surface area contributed by atoms with Crippen molar-refractivity contribution in [1.82, 2.24) is 4.90 Å². The molecule has 1 atom stereocenters. The Bertz CT molecular complexity index is 505. The Labute approximate surface area is 116 Å². The van der Waals surface area contributed by atoms with E-state index < -0.39 is 30.1 Å². The van der Waals surface area contributed by atoms with E-state index in [4.69, 9.17) is 5.11 Å². The van der Waals surface area contributed by atoms with E-state index in [1.807, 2.05) is 6.92 Å². The Hall–Kier alpha value is -1.98. The zero-order chi connectivity index (χ0) is 15.3. The fourth-order valence-corrected chi connectivity index (χ4v) is 1.79. The van der Waals surface area contributed by atoms with Crippen LogP contribution in [0.15, 0.2) is 18.2 Å². The first kappa shape index (κ1) is 16.1. The van der Waals surface area contributed by atoms with Gasteiger partial charge in [0.25, 0.3) is 0 Å². The Morgan fingerprint density at radius 3 is 2.50 bits per heavy atom. The quantitative estimate of drug-likeness (QED) is 0.872. The molecule has 1 aromatic rings. The van der Waals surface area contributed by atoms with E-state index in [0.717, 1.165) is 6.07 Å². The smallest absolute Gasteiger partial charge is 0.323 e. The highest BCUT2D eigenvalue weighted by molar-refractivity contribution is 5.83. The summed E-state index contributed by atoms with van der Waals surface area (Å²) in [5.74, 6) is -3.15. The topological polar surface area (TPSA) is 57.6 Å². The number of hydrogen-bond acceptors (Lipinski definition) is 2. The molecular weight excluding hydrogens is 268 g/mol. The van der Waals surface area contributed by atoms with Gasteiger partial charge in [0, 0.05) is 12.1 Å². The standard InChI is InChI=1S/C14H17F2NO3/c1-3-9(2)17(8-14(19)20)13(18)6-10-4-5-11(15)7-12(10)16/h4-5,7,9H,3,6,8H2,1-2H3,(H,19,20). The van der Waals surface area contributed by atoms with E-state index in [0.29, 0.717) is 12.5 Å². The van der Waals surface area contributed by atoms with Crippen LogP contribution in [0.1, 0.15) is 25.8 Å². The summed E-state index contributed by atoms with van der Waals surface area (Å²) in [7, 11) is 0. The van der Waals surface area contributed by atoms with Crippen LogP contribution in [0.5, 0.6) is 0 Å². The van der Waals surface area contributed by atoms with Gasteiger partial charge in [-0.1, -0.05) is 13.0 Å². The highest BCUT2D eigenvalue weighted by atomic mass is 19.1. The molecule has 0 bridgehead atoms. The first-order valence-corrected chi connectivity index (χ1v) is 6.30. The number of benzene rings is 1. The Morgan fingerprint density at radius 2 is 2.00 bits per heavy atom. The molecule has 20 heavy (non-hydrogen) atoms. The van der Waals surface area contributed by atoms with Gasteiger partial charge >= 0.3 is 5.97 Å². The van der Waals surface area contributed by atoms with Crippen molar-refractivity contribution in [3.8, 4) is 0 Å². The lowest BCUT2D eigenvalue weighted by molar-refractivity contribution is -0.145. The SMILES string of the molecule is CCC(C)N(CC(=O)O)C(=O)Cc1ccc(F)cc1F. The highest BCUT2D eigenvalue weighted by Crippen LogP contribution is 2.13. The van der Waals surface area contributed by atoms with Crippen LogP contribution in [-0.4, -0.2) is 34.5 Å². The van der Waals surface area contributed by atoms with Crippen LogP contribution in [0.25, 0.3) is 0 Å². The molecule has 0 aliphatic carbocycles. The van der Waals surface area contributed by atoms with Gasteiger partial charge in [-0.2, -0.15) is 0 Å². The largest absolute Gasteiger partial charge is 0.480 e. The van der Waals surface area contributed by atoms with Gasteiger partial charge in [-0.15, -0.1) is 0 Å². The Kier molecular flexibility index (Phi) is 5.61. The maximum Gasteiger partial charge on any atom is 0.323 e. The summed E-state index contributed by atoms with van der Waals surface area (Å²) in [5, 5.41) is 8.82. The summed E-state index contributed by atoms with van der Waals surface area (Å²) in [6.45, 7) is 3.11. The molecule has 0 fully saturated rings. The number of hydrogen-bond donors (Lipinski definition) is 1. The van der Waals surface area contributed by atoms with Crippen LogP contribution in [0.2, 0.25) is 0 Å². The molecule has 0 spiro atoms. The van der Waals surface area contributed by atoms with E-state index in [2.05, 4.69) is 0 Å². The maximum absolute atomic E-state index is 13.5. The van der Waals surface area contributed by atoms with Crippen molar-refractivity contribution in [2.75, 3.05) is 6.54 Å². The summed E-state index contributed by atoms with van der Waals surface area (Å²) in [4.78, 5) is 24.1. The lowest BCUT2D eigenvalue weighted by Crippen LogP contribution is -2.42. The Balaban J connectivity index is 2.87. The number of carbonyl (C=O) groups is 2. The van der Waals surface area contributed by atoms with E-state index >= 15 is 0 Å². The van der Waals surface area contributed by atoms with Gasteiger partial charge in [0.05, 0.1) is 6.42 Å². The van der Waals surface area contributed by atoms with Gasteiger partial charge in [0.1, 0.15) is 18.2 Å². The van der Waals surface area contributed by atoms with Gasteiger partial charge < -0.3 is 10.0 Å². The second-order valence-corrected chi connectivity index (χ2v) is 4.59. The molecule has 0 aliphatic rings. The number of nitrogens with zero attached hydrogens (tertiary/aromatic N) is 1. The van der Waals surface area contributed by atoms with Crippen molar-refractivity contribution in [2.24, 2.45) is 0 Å². The van der Waals surface area contributed by atoms with Crippen molar-refractivity contribution in [3.63, 3.8) is 0 Å². The van der Waals surface area contributed by atoms with Gasteiger partial charge in [-0.25, -0.2) is 8.78 Å². The second kappa shape index (κ2) is 6.98. The molecule has 4 nitrogen and oxygen atoms in total. The number of amides is 1. The van der Waals surface area contributed by atoms with Gasteiger partial charge in [-0.05, 0) is 25.0 Å². The number of carboxylic acids is 1. The van der Waals surface area contributed by atoms with Crippen LogP contribution in [0, 0.1) is 11.6 Å². The third-order valence-electron chi connectivity index (χ3n) is 3.11. The predicted octanol–water partition coefficient (Wildman–Crippen LogP) is 2.22. The van der Waals surface area contributed by atoms with Crippen LogP contribution in [-0.2, 0) is 16.0 Å². The normalized spacial score (nSPS) is 12.0. The van der Waals surface area contributed by atoms with Crippen LogP contribution >= 0.6 is 0 Å². The summed E-state index contributed by atoms with van der Waals surface area (Å²) in [5.41, 5.74) is 0.0510. The molecule has 0 saturated heterocycles. The minimum atomic E-state index is -1.13. The zero-order valence-electron chi connectivity index (χ0n) is 11.4. The lowest BCUT2D eigenvalue weighted by Gasteiger charge is -2.27. The fraction of sp³-hybridized carbons (Fsp3) is 0.429. The van der Waals surface area contributed by atoms with E-state index in [9.17, 15) is 18.4 Å². The van der Waals surface area contributed by atoms with Gasteiger partial charge in [0.2, 0.25) is 5.91 Å². The highest BCUT2D eigenvalue weighted by Gasteiger charge is 2.22. The minimum absolute atomic E-state index is 0.0510. The fourth-order valence-electron chi connectivity index (χ4n) is 1.79. The maximum atomic E-state index is 13.5. The van der Waals surface area contributed by atoms with E-state index in [1.165, 1.54) is 11.0 Å². The van der Waals surface area contributed by atoms with Gasteiger partial charge in [0.15, 0.2) is 0 Å². The molecule has 6 heteroatoms. The van der Waals surface area contributed by atoms with Crippen LogP contribution in [0.3, 0.4) is 0 Å². The predicted molar refractivity (Wildman–Crippen MR) is 69.2 cm³/mol. The number of carbonyl (C=O) groups excluding carboxylic acids is 1. The number of halogens is 2. The summed E-state index contributed by atoms with van der Waals surface area (Å²) in [6, 6.07) is 2.70. The van der Waals surface area contributed by atoms with Gasteiger partial charge in [-0.3, -0.25) is 9.59 Å². The lowest BCUT2D eigenvalue weighted by atomic mass is 10.1. The molecular formula is C14H17F2NO3. The molecule has 110 valence electrons. The zero-order valence-corrected chi connectivity index (χ0v) is 11.4. The first-order valence-electron chi connectivity index (χ1n) is 6.30. The van der Waals surface area contributed by atoms with Crippen molar-refractivity contribution >= 4 is 11.9 Å². The van der Waals surface area contributed by atoms with E-state index in [1.54, 1.807) is 6.92 Å². The average Bonchev–Trinajstić information content (AvgIpc) is 2.38. The van der Waals surface area contributed by atoms with Crippen LogP contribution < -0.4 is 0 Å².